The van der Waals surface area contributed by atoms with Crippen LogP contribution in [0.1, 0.15) is 31.4 Å². The van der Waals surface area contributed by atoms with E-state index in [1.807, 2.05) is 6.07 Å². The van der Waals surface area contributed by atoms with Crippen LogP contribution in [0.2, 0.25) is 0 Å². The summed E-state index contributed by atoms with van der Waals surface area (Å²) >= 11 is 5.83. The summed E-state index contributed by atoms with van der Waals surface area (Å²) < 4.78 is 5.55. The van der Waals surface area contributed by atoms with Gasteiger partial charge in [-0.25, -0.2) is 0 Å². The smallest absolute Gasteiger partial charge is 0.119 e. The van der Waals surface area contributed by atoms with Crippen molar-refractivity contribution in [3.8, 4) is 5.75 Å². The van der Waals surface area contributed by atoms with Crippen LogP contribution in [0.15, 0.2) is 18.2 Å². The molecular weight excluding hydrogens is 196 g/mol. The summed E-state index contributed by atoms with van der Waals surface area (Å²) in [4.78, 5) is 0. The molecule has 0 atom stereocenters. The van der Waals surface area contributed by atoms with Gasteiger partial charge < -0.3 is 4.74 Å². The summed E-state index contributed by atoms with van der Waals surface area (Å²) in [6.07, 6.45) is 2.05. The second kappa shape index (κ2) is 5.92. The van der Waals surface area contributed by atoms with Gasteiger partial charge in [-0.1, -0.05) is 19.9 Å². The van der Waals surface area contributed by atoms with Crippen LogP contribution < -0.4 is 4.74 Å². The normalized spacial score (nSPS) is 10.2. The van der Waals surface area contributed by atoms with Crippen LogP contribution in [0.3, 0.4) is 0 Å². The molecular formula is C12H17ClO. The number of halogens is 1. The molecule has 0 bridgehead atoms. The highest BCUT2D eigenvalue weighted by atomic mass is 35.5. The highest BCUT2D eigenvalue weighted by Gasteiger charge is 2.01. The molecule has 1 aromatic carbocycles. The Hall–Kier alpha value is -0.690. The van der Waals surface area contributed by atoms with Crippen LogP contribution in [-0.2, 0) is 12.3 Å². The lowest BCUT2D eigenvalue weighted by Gasteiger charge is -2.09. The molecule has 0 aromatic heterocycles. The predicted molar refractivity (Wildman–Crippen MR) is 61.2 cm³/mol. The van der Waals surface area contributed by atoms with E-state index in [1.54, 1.807) is 0 Å². The van der Waals surface area contributed by atoms with E-state index in [9.17, 15) is 0 Å². The highest BCUT2D eigenvalue weighted by molar-refractivity contribution is 6.17. The molecule has 1 nitrogen and oxygen atoms in total. The first-order chi connectivity index (χ1) is 6.81. The quantitative estimate of drug-likeness (QED) is 0.675. The fourth-order valence-electron chi connectivity index (χ4n) is 1.37. The Morgan fingerprint density at radius 2 is 2.00 bits per heavy atom. The lowest BCUT2D eigenvalue weighted by molar-refractivity contribution is 0.317. The summed E-state index contributed by atoms with van der Waals surface area (Å²) in [5.41, 5.74) is 2.49. The molecule has 0 aliphatic rings. The molecule has 0 saturated heterocycles. The summed E-state index contributed by atoms with van der Waals surface area (Å²) in [7, 11) is 0. The van der Waals surface area contributed by atoms with Gasteiger partial charge in [-0.15, -0.1) is 11.6 Å². The molecule has 0 aliphatic carbocycles. The van der Waals surface area contributed by atoms with Gasteiger partial charge in [-0.3, -0.25) is 0 Å². The molecule has 78 valence electrons. The van der Waals surface area contributed by atoms with Crippen molar-refractivity contribution >= 4 is 11.6 Å². The minimum atomic E-state index is 0.581. The molecule has 0 radical (unpaired) electrons. The van der Waals surface area contributed by atoms with E-state index < -0.39 is 0 Å². The summed E-state index contributed by atoms with van der Waals surface area (Å²) in [5, 5.41) is 0. The van der Waals surface area contributed by atoms with Crippen LogP contribution in [-0.4, -0.2) is 6.61 Å². The fourth-order valence-corrected chi connectivity index (χ4v) is 1.63. The second-order valence-corrected chi connectivity index (χ2v) is 3.53. The van der Waals surface area contributed by atoms with E-state index in [0.717, 1.165) is 25.2 Å². The molecule has 0 fully saturated rings. The molecule has 0 aliphatic heterocycles. The first-order valence-corrected chi connectivity index (χ1v) is 5.65. The van der Waals surface area contributed by atoms with Crippen molar-refractivity contribution in [2.45, 2.75) is 32.6 Å². The molecule has 0 unspecified atom stereocenters. The first-order valence-electron chi connectivity index (χ1n) is 5.12. The molecule has 0 spiro atoms. The van der Waals surface area contributed by atoms with Crippen molar-refractivity contribution in [1.82, 2.24) is 0 Å². The van der Waals surface area contributed by atoms with Crippen LogP contribution in [0.4, 0.5) is 0 Å². The van der Waals surface area contributed by atoms with Crippen molar-refractivity contribution in [3.63, 3.8) is 0 Å². The third kappa shape index (κ3) is 2.91. The lowest BCUT2D eigenvalue weighted by atomic mass is 10.1. The zero-order valence-electron chi connectivity index (χ0n) is 8.85. The van der Waals surface area contributed by atoms with Crippen molar-refractivity contribution in [1.29, 1.82) is 0 Å². The molecule has 1 aromatic rings. The Morgan fingerprint density at radius 3 is 2.57 bits per heavy atom. The van der Waals surface area contributed by atoms with E-state index in [4.69, 9.17) is 16.3 Å². The maximum absolute atomic E-state index is 5.83. The minimum absolute atomic E-state index is 0.581. The predicted octanol–water partition coefficient (Wildman–Crippen LogP) is 3.78. The van der Waals surface area contributed by atoms with Gasteiger partial charge >= 0.3 is 0 Å². The van der Waals surface area contributed by atoms with Crippen LogP contribution >= 0.6 is 11.6 Å². The molecule has 0 amide bonds. The number of ether oxygens (including phenoxy) is 1. The average Bonchev–Trinajstić information content (AvgIpc) is 2.25. The Labute approximate surface area is 91.0 Å². The third-order valence-electron chi connectivity index (χ3n) is 2.18. The van der Waals surface area contributed by atoms with Gasteiger partial charge in [0.2, 0.25) is 0 Å². The average molecular weight is 213 g/mol. The van der Waals surface area contributed by atoms with Gasteiger partial charge in [0.25, 0.3) is 0 Å². The standard InChI is InChI=1S/C12H17ClO/c1-3-7-14-12-6-5-11(9-13)10(4-2)8-12/h5-6,8H,3-4,7,9H2,1-2H3. The number of hydrogen-bond acceptors (Lipinski definition) is 1. The molecule has 0 saturated carbocycles. The number of alkyl halides is 1. The van der Waals surface area contributed by atoms with Crippen molar-refractivity contribution < 1.29 is 4.74 Å². The molecule has 0 heterocycles. The Bertz CT molecular complexity index is 284. The molecule has 14 heavy (non-hydrogen) atoms. The van der Waals surface area contributed by atoms with Gasteiger partial charge in [-0.05, 0) is 36.1 Å². The van der Waals surface area contributed by atoms with Gasteiger partial charge in [0.05, 0.1) is 6.61 Å². The van der Waals surface area contributed by atoms with Crippen LogP contribution in [0.25, 0.3) is 0 Å². The Balaban J connectivity index is 2.79. The van der Waals surface area contributed by atoms with Crippen molar-refractivity contribution in [3.05, 3.63) is 29.3 Å². The van der Waals surface area contributed by atoms with E-state index >= 15 is 0 Å². The maximum Gasteiger partial charge on any atom is 0.119 e. The van der Waals surface area contributed by atoms with Crippen molar-refractivity contribution in [2.75, 3.05) is 6.61 Å². The Morgan fingerprint density at radius 1 is 1.21 bits per heavy atom. The van der Waals surface area contributed by atoms with E-state index in [2.05, 4.69) is 26.0 Å². The number of rotatable bonds is 5. The number of aryl methyl sites for hydroxylation is 1. The van der Waals surface area contributed by atoms with Gasteiger partial charge in [0, 0.05) is 5.88 Å². The highest BCUT2D eigenvalue weighted by Crippen LogP contribution is 2.20. The topological polar surface area (TPSA) is 9.23 Å². The van der Waals surface area contributed by atoms with E-state index in [1.165, 1.54) is 11.1 Å². The van der Waals surface area contributed by atoms with Crippen molar-refractivity contribution in [2.24, 2.45) is 0 Å². The van der Waals surface area contributed by atoms with Crippen LogP contribution in [0, 0.1) is 0 Å². The number of benzene rings is 1. The largest absolute Gasteiger partial charge is 0.494 e. The van der Waals surface area contributed by atoms with Gasteiger partial charge in [0.15, 0.2) is 0 Å². The summed E-state index contributed by atoms with van der Waals surface area (Å²) in [6.45, 7) is 5.02. The zero-order valence-corrected chi connectivity index (χ0v) is 9.60. The lowest BCUT2D eigenvalue weighted by Crippen LogP contribution is -1.97. The van der Waals surface area contributed by atoms with E-state index in [0.29, 0.717) is 5.88 Å². The zero-order chi connectivity index (χ0) is 10.4. The second-order valence-electron chi connectivity index (χ2n) is 3.27. The van der Waals surface area contributed by atoms with Gasteiger partial charge in [-0.2, -0.15) is 0 Å². The minimum Gasteiger partial charge on any atom is -0.494 e. The van der Waals surface area contributed by atoms with Crippen LogP contribution in [0.5, 0.6) is 5.75 Å². The summed E-state index contributed by atoms with van der Waals surface area (Å²) in [6, 6.07) is 6.14. The molecule has 2 heteroatoms. The SMILES string of the molecule is CCCOc1ccc(CCl)c(CC)c1. The molecule has 1 rings (SSSR count). The maximum atomic E-state index is 5.83. The molecule has 0 N–H and O–H groups in total. The third-order valence-corrected chi connectivity index (χ3v) is 2.46. The summed E-state index contributed by atoms with van der Waals surface area (Å²) in [5.74, 6) is 1.54. The van der Waals surface area contributed by atoms with E-state index in [-0.39, 0.29) is 0 Å². The van der Waals surface area contributed by atoms with Gasteiger partial charge in [0.1, 0.15) is 5.75 Å². The Kier molecular flexibility index (Phi) is 4.81. The monoisotopic (exact) mass is 212 g/mol. The fraction of sp³-hybridized carbons (Fsp3) is 0.500. The number of hydrogen-bond donors (Lipinski definition) is 0. The first kappa shape index (κ1) is 11.4.